The molecule has 0 unspecified atom stereocenters. The summed E-state index contributed by atoms with van der Waals surface area (Å²) in [5, 5.41) is 9.06. The number of carbonyl (C=O) groups is 3. The third kappa shape index (κ3) is 12.4. The van der Waals surface area contributed by atoms with E-state index in [1.54, 1.807) is 56.3 Å². The minimum Gasteiger partial charge on any atom is -0.495 e. The SMILES string of the molecule is COc1cc(C(=O)NCCCCCCC(=O)NOCc2ccccc2)ccc1Nc1ncc(C(=O)OC(C)C)c(Nc2ccccc2N(C)S(C)(=O)=O)n1. The molecule has 15 nitrogen and oxygen atoms in total. The highest BCUT2D eigenvalue weighted by molar-refractivity contribution is 7.92. The Morgan fingerprint density at radius 3 is 2.33 bits per heavy atom. The first-order valence-corrected chi connectivity index (χ1v) is 19.3. The van der Waals surface area contributed by atoms with Gasteiger partial charge in [-0.05, 0) is 62.6 Å². The van der Waals surface area contributed by atoms with Crippen LogP contribution in [0.25, 0.3) is 0 Å². The molecule has 16 heteroatoms. The first-order valence-electron chi connectivity index (χ1n) is 17.4. The van der Waals surface area contributed by atoms with E-state index in [1.807, 2.05) is 30.3 Å². The Morgan fingerprint density at radius 2 is 1.61 bits per heavy atom. The molecule has 1 aromatic heterocycles. The van der Waals surface area contributed by atoms with Gasteiger partial charge in [0.25, 0.3) is 5.91 Å². The van der Waals surface area contributed by atoms with Crippen LogP contribution in [0.4, 0.5) is 28.8 Å². The third-order valence-corrected chi connectivity index (χ3v) is 9.13. The van der Waals surface area contributed by atoms with E-state index in [1.165, 1.54) is 20.4 Å². The summed E-state index contributed by atoms with van der Waals surface area (Å²) in [4.78, 5) is 52.0. The van der Waals surface area contributed by atoms with Crippen molar-refractivity contribution in [3.63, 3.8) is 0 Å². The Hall–Kier alpha value is -5.74. The number of anilines is 5. The van der Waals surface area contributed by atoms with Gasteiger partial charge in [0.15, 0.2) is 5.82 Å². The smallest absolute Gasteiger partial charge is 0.343 e. The van der Waals surface area contributed by atoms with Gasteiger partial charge in [0, 0.05) is 31.8 Å². The number of para-hydroxylation sites is 2. The molecule has 0 saturated heterocycles. The quantitative estimate of drug-likeness (QED) is 0.0478. The molecule has 4 aromatic rings. The Morgan fingerprint density at radius 1 is 0.889 bits per heavy atom. The number of benzene rings is 3. The topological polar surface area (TPSA) is 190 Å². The molecule has 4 rings (SSSR count). The third-order valence-electron chi connectivity index (χ3n) is 7.94. The van der Waals surface area contributed by atoms with Crippen molar-refractivity contribution in [2.75, 3.05) is 41.9 Å². The Balaban J connectivity index is 1.34. The van der Waals surface area contributed by atoms with E-state index in [4.69, 9.17) is 14.3 Å². The van der Waals surface area contributed by atoms with Gasteiger partial charge in [-0.25, -0.2) is 23.7 Å². The minimum absolute atomic E-state index is 0.0275. The molecule has 0 bridgehead atoms. The molecule has 0 radical (unpaired) electrons. The predicted molar refractivity (Wildman–Crippen MR) is 207 cm³/mol. The molecule has 0 aliphatic rings. The van der Waals surface area contributed by atoms with Crippen LogP contribution >= 0.6 is 0 Å². The molecule has 1 heterocycles. The van der Waals surface area contributed by atoms with Crippen molar-refractivity contribution in [1.29, 1.82) is 0 Å². The summed E-state index contributed by atoms with van der Waals surface area (Å²) >= 11 is 0. The number of amides is 2. The van der Waals surface area contributed by atoms with Crippen molar-refractivity contribution in [1.82, 2.24) is 20.8 Å². The van der Waals surface area contributed by atoms with Gasteiger partial charge in [-0.15, -0.1) is 0 Å². The highest BCUT2D eigenvalue weighted by Gasteiger charge is 2.22. The van der Waals surface area contributed by atoms with Crippen LogP contribution in [0.15, 0.2) is 79.0 Å². The number of hydroxylamine groups is 1. The Labute approximate surface area is 315 Å². The fourth-order valence-corrected chi connectivity index (χ4v) is 5.59. The van der Waals surface area contributed by atoms with Gasteiger partial charge in [0.2, 0.25) is 21.9 Å². The average molecular weight is 762 g/mol. The molecule has 4 N–H and O–H groups in total. The number of methoxy groups -OCH3 is 1. The van der Waals surface area contributed by atoms with Crippen molar-refractivity contribution in [3.05, 3.63) is 95.7 Å². The molecule has 0 fully saturated rings. The lowest BCUT2D eigenvalue weighted by Crippen LogP contribution is -2.25. The lowest BCUT2D eigenvalue weighted by atomic mass is 10.1. The summed E-state index contributed by atoms with van der Waals surface area (Å²) in [6.07, 6.45) is 5.46. The van der Waals surface area contributed by atoms with Crippen LogP contribution in [0.5, 0.6) is 5.75 Å². The number of esters is 1. The van der Waals surface area contributed by atoms with Gasteiger partial charge >= 0.3 is 5.97 Å². The van der Waals surface area contributed by atoms with Gasteiger partial charge in [0.05, 0.1) is 43.1 Å². The molecular weight excluding hydrogens is 715 g/mol. The predicted octanol–water partition coefficient (Wildman–Crippen LogP) is 5.86. The second kappa shape index (κ2) is 19.9. The second-order valence-electron chi connectivity index (χ2n) is 12.5. The molecule has 0 atom stereocenters. The number of hydrogen-bond acceptors (Lipinski definition) is 12. The normalized spacial score (nSPS) is 11.1. The van der Waals surface area contributed by atoms with Crippen LogP contribution < -0.4 is 30.5 Å². The maximum Gasteiger partial charge on any atom is 0.343 e. The first kappa shape index (κ1) is 41.0. The summed E-state index contributed by atoms with van der Waals surface area (Å²) in [5.74, 6) is -0.621. The molecule has 0 aliphatic carbocycles. The van der Waals surface area contributed by atoms with E-state index >= 15 is 0 Å². The maximum absolute atomic E-state index is 13.0. The summed E-state index contributed by atoms with van der Waals surface area (Å²) in [5.41, 5.74) is 5.00. The number of hydrogen-bond donors (Lipinski definition) is 4. The number of carbonyl (C=O) groups excluding carboxylic acids is 3. The highest BCUT2D eigenvalue weighted by atomic mass is 32.2. The van der Waals surface area contributed by atoms with Crippen LogP contribution in [0, 0.1) is 0 Å². The van der Waals surface area contributed by atoms with Crippen LogP contribution in [0.3, 0.4) is 0 Å². The monoisotopic (exact) mass is 761 g/mol. The second-order valence-corrected chi connectivity index (χ2v) is 14.6. The number of nitrogens with zero attached hydrogens (tertiary/aromatic N) is 3. The van der Waals surface area contributed by atoms with E-state index < -0.39 is 22.1 Å². The van der Waals surface area contributed by atoms with Crippen LogP contribution in [-0.4, -0.2) is 69.2 Å². The molecule has 0 saturated carbocycles. The first-order chi connectivity index (χ1) is 25.8. The van der Waals surface area contributed by atoms with E-state index in [2.05, 4.69) is 31.4 Å². The molecule has 0 spiro atoms. The van der Waals surface area contributed by atoms with E-state index in [9.17, 15) is 22.8 Å². The minimum atomic E-state index is -3.60. The largest absolute Gasteiger partial charge is 0.495 e. The number of ether oxygens (including phenoxy) is 2. The van der Waals surface area contributed by atoms with Gasteiger partial charge in [-0.3, -0.25) is 18.7 Å². The number of nitrogens with one attached hydrogen (secondary N) is 4. The van der Waals surface area contributed by atoms with Crippen LogP contribution in [0.2, 0.25) is 0 Å². The number of rotatable bonds is 20. The van der Waals surface area contributed by atoms with E-state index in [0.717, 1.165) is 35.4 Å². The van der Waals surface area contributed by atoms with Crippen molar-refractivity contribution in [3.8, 4) is 5.75 Å². The molecule has 0 aliphatic heterocycles. The molecule has 288 valence electrons. The van der Waals surface area contributed by atoms with Gasteiger partial charge in [-0.2, -0.15) is 4.98 Å². The standard InChI is InChI=1S/C38H47N7O8S/c1-26(2)53-37(48)29-24-40-38(43-35(29)41-30-17-12-13-18-32(30)45(3)54(5,49)50)42-31-21-20-28(23-33(31)51-4)36(47)39-22-14-7-6-11-19-34(46)44-52-25-27-15-9-8-10-16-27/h8-10,12-13,15-18,20-21,23-24,26H,6-7,11,14,19,22,25H2,1-5H3,(H,39,47)(H,44,46)(H2,40,41,42,43). The fourth-order valence-electron chi connectivity index (χ4n) is 5.07. The van der Waals surface area contributed by atoms with Gasteiger partial charge in [0.1, 0.15) is 11.3 Å². The lowest BCUT2D eigenvalue weighted by Gasteiger charge is -2.21. The fraction of sp³-hybridized carbons (Fsp3) is 0.342. The molecule has 54 heavy (non-hydrogen) atoms. The number of aromatic nitrogens is 2. The summed E-state index contributed by atoms with van der Waals surface area (Å²) < 4.78 is 36.7. The number of sulfonamides is 1. The van der Waals surface area contributed by atoms with Crippen molar-refractivity contribution in [2.24, 2.45) is 0 Å². The zero-order valence-corrected chi connectivity index (χ0v) is 31.9. The molecule has 3 aromatic carbocycles. The summed E-state index contributed by atoms with van der Waals surface area (Å²) in [6.45, 7) is 4.20. The Kier molecular flexibility index (Phi) is 15.1. The highest BCUT2D eigenvalue weighted by Crippen LogP contribution is 2.32. The summed E-state index contributed by atoms with van der Waals surface area (Å²) in [6, 6.07) is 21.1. The number of unbranched alkanes of at least 4 members (excludes halogenated alkanes) is 3. The van der Waals surface area contributed by atoms with Crippen LogP contribution in [-0.2, 0) is 31.0 Å². The Bertz CT molecular complexity index is 1990. The molecular formula is C38H47N7O8S. The lowest BCUT2D eigenvalue weighted by molar-refractivity contribution is -0.134. The average Bonchev–Trinajstić information content (AvgIpc) is 3.14. The van der Waals surface area contributed by atoms with Crippen molar-refractivity contribution < 1.29 is 37.1 Å². The van der Waals surface area contributed by atoms with Crippen molar-refractivity contribution in [2.45, 2.75) is 58.7 Å². The van der Waals surface area contributed by atoms with Gasteiger partial charge < -0.3 is 25.4 Å². The zero-order chi connectivity index (χ0) is 39.1. The van der Waals surface area contributed by atoms with Crippen molar-refractivity contribution >= 4 is 56.6 Å². The summed E-state index contributed by atoms with van der Waals surface area (Å²) in [7, 11) is -0.719. The maximum atomic E-state index is 13.0. The molecule has 2 amide bonds. The van der Waals surface area contributed by atoms with Crippen LogP contribution in [0.1, 0.15) is 72.2 Å². The zero-order valence-electron chi connectivity index (χ0n) is 31.0. The van der Waals surface area contributed by atoms with E-state index in [-0.39, 0.29) is 29.1 Å². The van der Waals surface area contributed by atoms with Gasteiger partial charge in [-0.1, -0.05) is 55.3 Å². The van der Waals surface area contributed by atoms with E-state index in [0.29, 0.717) is 54.4 Å².